The molecule has 0 saturated carbocycles. The SMILES string of the molecule is CCCCCCCCCCCCCOC(=O)C(CC(=O)[O-])S(=O)(=O)[O-].[Na+].[Na+]. The summed E-state index contributed by atoms with van der Waals surface area (Å²) in [5.41, 5.74) is 0. The molecule has 0 aromatic carbocycles. The molecule has 0 aromatic rings. The molecule has 1 atom stereocenters. The number of hydrogen-bond acceptors (Lipinski definition) is 7. The van der Waals surface area contributed by atoms with Crippen molar-refractivity contribution >= 4 is 22.1 Å². The second-order valence-corrected chi connectivity index (χ2v) is 7.82. The number of unbranched alkanes of at least 4 members (excludes halogenated alkanes) is 10. The van der Waals surface area contributed by atoms with E-state index >= 15 is 0 Å². The largest absolute Gasteiger partial charge is 1.00 e. The van der Waals surface area contributed by atoms with E-state index in [1.165, 1.54) is 44.9 Å². The Balaban J connectivity index is -0.00000288. The minimum absolute atomic E-state index is 0. The third-order valence-corrected chi connectivity index (χ3v) is 5.01. The number of hydrogen-bond donors (Lipinski definition) is 0. The van der Waals surface area contributed by atoms with Gasteiger partial charge in [0.05, 0.1) is 6.61 Å². The zero-order valence-corrected chi connectivity index (χ0v) is 21.9. The van der Waals surface area contributed by atoms with Crippen LogP contribution in [-0.2, 0) is 24.4 Å². The van der Waals surface area contributed by atoms with Crippen molar-refractivity contribution in [1.82, 2.24) is 0 Å². The zero-order valence-electron chi connectivity index (χ0n) is 17.0. The van der Waals surface area contributed by atoms with Crippen LogP contribution in [0.25, 0.3) is 0 Å². The second-order valence-electron chi connectivity index (χ2n) is 6.26. The van der Waals surface area contributed by atoms with Gasteiger partial charge in [0, 0.05) is 12.4 Å². The van der Waals surface area contributed by atoms with Gasteiger partial charge in [0.15, 0.2) is 5.25 Å². The molecule has 148 valence electrons. The van der Waals surface area contributed by atoms with Crippen molar-refractivity contribution < 1.29 is 91.5 Å². The first kappa shape index (κ1) is 32.5. The van der Waals surface area contributed by atoms with Crippen LogP contribution in [-0.4, -0.2) is 36.8 Å². The summed E-state index contributed by atoms with van der Waals surface area (Å²) in [6.07, 6.45) is 11.1. The van der Waals surface area contributed by atoms with Gasteiger partial charge in [-0.15, -0.1) is 0 Å². The maximum Gasteiger partial charge on any atom is 1.00 e. The smallest absolute Gasteiger partial charge is 0.747 e. The van der Waals surface area contributed by atoms with Crippen LogP contribution in [0.2, 0.25) is 0 Å². The molecule has 0 bridgehead atoms. The normalized spacial score (nSPS) is 11.8. The maximum absolute atomic E-state index is 11.5. The predicted octanol–water partition coefficient (Wildman–Crippen LogP) is -4.10. The predicted molar refractivity (Wildman–Crippen MR) is 90.5 cm³/mol. The molecule has 0 aliphatic heterocycles. The Kier molecular flexibility index (Phi) is 24.2. The van der Waals surface area contributed by atoms with Gasteiger partial charge in [0.1, 0.15) is 10.1 Å². The van der Waals surface area contributed by atoms with Crippen LogP contribution in [0.15, 0.2) is 0 Å². The van der Waals surface area contributed by atoms with Crippen molar-refractivity contribution in [3.63, 3.8) is 0 Å². The van der Waals surface area contributed by atoms with Gasteiger partial charge in [-0.05, 0) is 6.42 Å². The van der Waals surface area contributed by atoms with Crippen LogP contribution in [0.5, 0.6) is 0 Å². The van der Waals surface area contributed by atoms with Gasteiger partial charge >= 0.3 is 65.1 Å². The molecule has 0 fully saturated rings. The molecule has 0 heterocycles. The maximum atomic E-state index is 11.5. The van der Waals surface area contributed by atoms with Gasteiger partial charge in [-0.2, -0.15) is 0 Å². The van der Waals surface area contributed by atoms with Gasteiger partial charge in [0.25, 0.3) is 0 Å². The van der Waals surface area contributed by atoms with Crippen molar-refractivity contribution in [2.45, 2.75) is 89.2 Å². The molecule has 0 saturated heterocycles. The van der Waals surface area contributed by atoms with Crippen LogP contribution in [0.1, 0.15) is 84.0 Å². The van der Waals surface area contributed by atoms with Crippen LogP contribution in [0.3, 0.4) is 0 Å². The Morgan fingerprint density at radius 2 is 1.26 bits per heavy atom. The van der Waals surface area contributed by atoms with Crippen molar-refractivity contribution in [2.75, 3.05) is 6.61 Å². The van der Waals surface area contributed by atoms with E-state index < -0.39 is 33.7 Å². The molecule has 0 aliphatic rings. The molecule has 0 N–H and O–H groups in total. The first-order chi connectivity index (χ1) is 11.8. The fourth-order valence-corrected chi connectivity index (χ4v) is 3.13. The van der Waals surface area contributed by atoms with Gasteiger partial charge in [-0.3, -0.25) is 4.79 Å². The van der Waals surface area contributed by atoms with Crippen LogP contribution in [0, 0.1) is 0 Å². The Morgan fingerprint density at radius 3 is 1.63 bits per heavy atom. The fourth-order valence-electron chi connectivity index (χ4n) is 2.49. The van der Waals surface area contributed by atoms with E-state index in [4.69, 9.17) is 4.74 Å². The molecule has 0 aliphatic carbocycles. The van der Waals surface area contributed by atoms with Gasteiger partial charge in [-0.1, -0.05) is 71.1 Å². The number of rotatable bonds is 16. The molecule has 7 nitrogen and oxygen atoms in total. The topological polar surface area (TPSA) is 124 Å². The van der Waals surface area contributed by atoms with E-state index in [-0.39, 0.29) is 65.7 Å². The van der Waals surface area contributed by atoms with E-state index in [1.54, 1.807) is 0 Å². The van der Waals surface area contributed by atoms with Crippen molar-refractivity contribution in [2.24, 2.45) is 0 Å². The van der Waals surface area contributed by atoms with Crippen molar-refractivity contribution in [1.29, 1.82) is 0 Å². The molecule has 0 amide bonds. The monoisotopic (exact) mass is 424 g/mol. The molecule has 10 heteroatoms. The number of carbonyl (C=O) groups is 2. The number of carboxylic acid groups (broad SMARTS) is 1. The second kappa shape index (κ2) is 20.1. The average molecular weight is 424 g/mol. The molecule has 1 unspecified atom stereocenters. The number of esters is 1. The number of ether oxygens (including phenoxy) is 1. The van der Waals surface area contributed by atoms with Crippen LogP contribution in [0.4, 0.5) is 0 Å². The quantitative estimate of drug-likeness (QED) is 0.107. The molecule has 0 aromatic heterocycles. The summed E-state index contributed by atoms with van der Waals surface area (Å²) < 4.78 is 37.3. The van der Waals surface area contributed by atoms with Gasteiger partial charge < -0.3 is 19.2 Å². The van der Waals surface area contributed by atoms with Crippen molar-refractivity contribution in [3.05, 3.63) is 0 Å². The minimum atomic E-state index is -5.07. The number of aliphatic carboxylic acids is 1. The summed E-state index contributed by atoms with van der Waals surface area (Å²) >= 11 is 0. The Hall–Kier alpha value is 0.850. The number of carbonyl (C=O) groups excluding carboxylic acids is 2. The molecular formula is C17H30Na2O7S. The summed E-state index contributed by atoms with van der Waals surface area (Å²) in [6.45, 7) is 2.18. The molecule has 27 heavy (non-hydrogen) atoms. The average Bonchev–Trinajstić information content (AvgIpc) is 2.52. The van der Waals surface area contributed by atoms with E-state index in [2.05, 4.69) is 6.92 Å². The third kappa shape index (κ3) is 19.9. The Morgan fingerprint density at radius 1 is 0.852 bits per heavy atom. The molecule has 0 radical (unpaired) electrons. The summed E-state index contributed by atoms with van der Waals surface area (Å²) in [5.74, 6) is -3.10. The molecular weight excluding hydrogens is 394 g/mol. The summed E-state index contributed by atoms with van der Waals surface area (Å²) in [5, 5.41) is 8.18. The summed E-state index contributed by atoms with van der Waals surface area (Å²) in [6, 6.07) is 0. The summed E-state index contributed by atoms with van der Waals surface area (Å²) in [7, 11) is -5.07. The van der Waals surface area contributed by atoms with E-state index in [0.29, 0.717) is 6.42 Å². The first-order valence-corrected chi connectivity index (χ1v) is 10.6. The van der Waals surface area contributed by atoms with E-state index in [1.807, 2.05) is 0 Å². The third-order valence-electron chi connectivity index (χ3n) is 3.96. The Labute approximate surface area is 207 Å². The zero-order chi connectivity index (χ0) is 19.1. The van der Waals surface area contributed by atoms with Crippen molar-refractivity contribution in [3.8, 4) is 0 Å². The van der Waals surface area contributed by atoms with E-state index in [0.717, 1.165) is 19.3 Å². The standard InChI is InChI=1S/C17H32O7S.2Na/c1-2-3-4-5-6-7-8-9-10-11-12-13-24-17(20)15(14-16(18)19)25(21,22)23;;/h15H,2-14H2,1H3,(H,18,19)(H,21,22,23);;/q;2*+1/p-2. The fraction of sp³-hybridized carbons (Fsp3) is 0.882. The van der Waals surface area contributed by atoms with Gasteiger partial charge in [0.2, 0.25) is 0 Å². The molecule has 0 rings (SSSR count). The number of carboxylic acids is 1. The minimum Gasteiger partial charge on any atom is -0.747 e. The Bertz CT molecular complexity index is 484. The van der Waals surface area contributed by atoms with Crippen LogP contribution >= 0.6 is 0 Å². The molecule has 0 spiro atoms. The van der Waals surface area contributed by atoms with E-state index in [9.17, 15) is 27.7 Å². The van der Waals surface area contributed by atoms with Gasteiger partial charge in [-0.25, -0.2) is 8.42 Å². The van der Waals surface area contributed by atoms with Crippen LogP contribution < -0.4 is 64.2 Å². The first-order valence-electron chi connectivity index (χ1n) is 9.10. The summed E-state index contributed by atoms with van der Waals surface area (Å²) in [4.78, 5) is 21.9.